The molecule has 0 heterocycles. The van der Waals surface area contributed by atoms with Crippen molar-refractivity contribution in [2.75, 3.05) is 0 Å². The van der Waals surface area contributed by atoms with Crippen LogP contribution in [0.3, 0.4) is 0 Å². The highest BCUT2D eigenvalue weighted by atomic mass is 16.5. The normalized spacial score (nSPS) is 24.8. The van der Waals surface area contributed by atoms with E-state index in [1.54, 1.807) is 12.3 Å². The first-order valence-corrected chi connectivity index (χ1v) is 6.49. The molecule has 1 aliphatic rings. The van der Waals surface area contributed by atoms with Gasteiger partial charge in [0.1, 0.15) is 5.60 Å². The van der Waals surface area contributed by atoms with Crippen molar-refractivity contribution in [1.82, 2.24) is 0 Å². The van der Waals surface area contributed by atoms with Gasteiger partial charge in [-0.05, 0) is 58.8 Å². The molecule has 0 bridgehead atoms. The highest BCUT2D eigenvalue weighted by molar-refractivity contribution is 5.34. The van der Waals surface area contributed by atoms with Gasteiger partial charge in [-0.1, -0.05) is 6.42 Å². The molecule has 2 unspecified atom stereocenters. The molecule has 0 N–H and O–H groups in total. The van der Waals surface area contributed by atoms with Crippen LogP contribution in [0.1, 0.15) is 53.4 Å². The Bertz CT molecular complexity index is 376. The highest BCUT2D eigenvalue weighted by Gasteiger charge is 2.40. The number of hydrogen-bond donors (Lipinski definition) is 0. The van der Waals surface area contributed by atoms with Crippen molar-refractivity contribution < 1.29 is 9.53 Å². The van der Waals surface area contributed by atoms with Crippen molar-refractivity contribution in [3.05, 3.63) is 0 Å². The standard InChI is InChI=1S/C14H22N2O2/c1-13(2,16-10-17)11-6-5-7-12(8-11)14(3,4)18-9-15/h11-12H,5-8H2,1-4H3. The summed E-state index contributed by atoms with van der Waals surface area (Å²) in [7, 11) is 0. The van der Waals surface area contributed by atoms with Crippen LogP contribution in [0.2, 0.25) is 0 Å². The lowest BCUT2D eigenvalue weighted by molar-refractivity contribution is -0.0188. The summed E-state index contributed by atoms with van der Waals surface area (Å²) < 4.78 is 5.19. The molecule has 1 rings (SSSR count). The van der Waals surface area contributed by atoms with Gasteiger partial charge in [-0.2, -0.15) is 10.3 Å². The molecule has 0 aromatic rings. The number of rotatable bonds is 4. The van der Waals surface area contributed by atoms with E-state index in [-0.39, 0.29) is 5.54 Å². The van der Waals surface area contributed by atoms with Gasteiger partial charge in [0.2, 0.25) is 6.08 Å². The van der Waals surface area contributed by atoms with Crippen LogP contribution in [-0.2, 0) is 9.53 Å². The van der Waals surface area contributed by atoms with E-state index in [0.717, 1.165) is 25.7 Å². The van der Waals surface area contributed by atoms with Crippen molar-refractivity contribution in [3.63, 3.8) is 0 Å². The Balaban J connectivity index is 2.79. The SMILES string of the molecule is CC(C)(N=C=O)C1CCCC(C(C)(C)OC#N)C1. The number of nitriles is 1. The van der Waals surface area contributed by atoms with Crippen LogP contribution in [0.4, 0.5) is 0 Å². The summed E-state index contributed by atoms with van der Waals surface area (Å²) in [5.41, 5.74) is -0.808. The van der Waals surface area contributed by atoms with Crippen LogP contribution in [0, 0.1) is 23.4 Å². The van der Waals surface area contributed by atoms with Gasteiger partial charge in [-0.25, -0.2) is 4.79 Å². The molecular weight excluding hydrogens is 228 g/mol. The number of aliphatic imine (C=N–C) groups is 1. The minimum Gasteiger partial charge on any atom is -0.421 e. The fraction of sp³-hybridized carbons (Fsp3) is 0.857. The largest absolute Gasteiger partial charge is 0.421 e. The molecule has 0 amide bonds. The number of ether oxygens (including phenoxy) is 1. The molecule has 0 saturated heterocycles. The fourth-order valence-corrected chi connectivity index (χ4v) is 2.87. The maximum absolute atomic E-state index is 10.5. The van der Waals surface area contributed by atoms with Gasteiger partial charge in [0, 0.05) is 0 Å². The van der Waals surface area contributed by atoms with Crippen molar-refractivity contribution in [1.29, 1.82) is 5.26 Å². The van der Waals surface area contributed by atoms with E-state index >= 15 is 0 Å². The molecule has 4 nitrogen and oxygen atoms in total. The van der Waals surface area contributed by atoms with Crippen LogP contribution < -0.4 is 0 Å². The number of isocyanates is 1. The Morgan fingerprint density at radius 3 is 2.39 bits per heavy atom. The number of hydrogen-bond acceptors (Lipinski definition) is 4. The molecular formula is C14H22N2O2. The third-order valence-corrected chi connectivity index (χ3v) is 4.30. The zero-order valence-electron chi connectivity index (χ0n) is 11.7. The van der Waals surface area contributed by atoms with Crippen LogP contribution in [0.15, 0.2) is 4.99 Å². The quantitative estimate of drug-likeness (QED) is 0.437. The van der Waals surface area contributed by atoms with Crippen LogP contribution >= 0.6 is 0 Å². The van der Waals surface area contributed by atoms with E-state index in [1.807, 2.05) is 27.7 Å². The first-order chi connectivity index (χ1) is 8.33. The van der Waals surface area contributed by atoms with Gasteiger partial charge >= 0.3 is 0 Å². The van der Waals surface area contributed by atoms with Gasteiger partial charge in [0.05, 0.1) is 5.54 Å². The van der Waals surface area contributed by atoms with Crippen molar-refractivity contribution in [3.8, 4) is 6.26 Å². The monoisotopic (exact) mass is 250 g/mol. The van der Waals surface area contributed by atoms with Crippen molar-refractivity contribution in [2.45, 2.75) is 64.5 Å². The third-order valence-electron chi connectivity index (χ3n) is 4.30. The molecule has 100 valence electrons. The molecule has 1 saturated carbocycles. The third kappa shape index (κ3) is 3.34. The molecule has 1 fully saturated rings. The summed E-state index contributed by atoms with van der Waals surface area (Å²) in [5, 5.41) is 8.70. The predicted molar refractivity (Wildman–Crippen MR) is 68.4 cm³/mol. The van der Waals surface area contributed by atoms with Crippen LogP contribution in [-0.4, -0.2) is 17.2 Å². The lowest BCUT2D eigenvalue weighted by Crippen LogP contribution is -2.41. The van der Waals surface area contributed by atoms with Gasteiger partial charge in [-0.3, -0.25) is 0 Å². The smallest absolute Gasteiger partial charge is 0.286 e. The molecule has 18 heavy (non-hydrogen) atoms. The van der Waals surface area contributed by atoms with E-state index in [0.29, 0.717) is 11.8 Å². The lowest BCUT2D eigenvalue weighted by Gasteiger charge is -2.41. The zero-order valence-corrected chi connectivity index (χ0v) is 11.7. The first-order valence-electron chi connectivity index (χ1n) is 6.49. The van der Waals surface area contributed by atoms with Gasteiger partial charge in [0.25, 0.3) is 6.26 Å². The van der Waals surface area contributed by atoms with Crippen molar-refractivity contribution in [2.24, 2.45) is 16.8 Å². The first kappa shape index (κ1) is 14.7. The molecule has 2 atom stereocenters. The Morgan fingerprint density at radius 1 is 1.22 bits per heavy atom. The molecule has 0 spiro atoms. The predicted octanol–water partition coefficient (Wildman–Crippen LogP) is 3.18. The summed E-state index contributed by atoms with van der Waals surface area (Å²) in [6.07, 6.45) is 7.63. The number of carbonyl (C=O) groups excluding carboxylic acids is 1. The average Bonchev–Trinajstić information content (AvgIpc) is 2.29. The summed E-state index contributed by atoms with van der Waals surface area (Å²) >= 11 is 0. The second-order valence-electron chi connectivity index (χ2n) is 6.21. The summed E-state index contributed by atoms with van der Waals surface area (Å²) in [5.74, 6) is 0.677. The fourth-order valence-electron chi connectivity index (χ4n) is 2.87. The van der Waals surface area contributed by atoms with E-state index in [4.69, 9.17) is 10.00 Å². The Hall–Kier alpha value is -1.33. The van der Waals surface area contributed by atoms with E-state index < -0.39 is 5.60 Å². The van der Waals surface area contributed by atoms with Crippen molar-refractivity contribution >= 4 is 6.08 Å². The van der Waals surface area contributed by atoms with Crippen LogP contribution in [0.5, 0.6) is 0 Å². The lowest BCUT2D eigenvalue weighted by atomic mass is 9.68. The molecule has 4 heteroatoms. The molecule has 0 aliphatic heterocycles. The van der Waals surface area contributed by atoms with Gasteiger partial charge < -0.3 is 4.74 Å². The second kappa shape index (κ2) is 5.54. The maximum atomic E-state index is 10.5. The van der Waals surface area contributed by atoms with Crippen LogP contribution in [0.25, 0.3) is 0 Å². The minimum atomic E-state index is -0.436. The Morgan fingerprint density at radius 2 is 1.83 bits per heavy atom. The van der Waals surface area contributed by atoms with E-state index in [9.17, 15) is 4.79 Å². The minimum absolute atomic E-state index is 0.331. The molecule has 0 aromatic heterocycles. The summed E-state index contributed by atoms with van der Waals surface area (Å²) in [6, 6.07) is 0. The maximum Gasteiger partial charge on any atom is 0.286 e. The summed E-state index contributed by atoms with van der Waals surface area (Å²) in [6.45, 7) is 7.87. The Labute approximate surface area is 109 Å². The molecule has 0 aromatic carbocycles. The molecule has 0 radical (unpaired) electrons. The summed E-state index contributed by atoms with van der Waals surface area (Å²) in [4.78, 5) is 14.4. The van der Waals surface area contributed by atoms with E-state index in [1.165, 1.54) is 0 Å². The highest BCUT2D eigenvalue weighted by Crippen LogP contribution is 2.42. The zero-order chi connectivity index (χ0) is 13.8. The average molecular weight is 250 g/mol. The van der Waals surface area contributed by atoms with Gasteiger partial charge in [0.15, 0.2) is 0 Å². The van der Waals surface area contributed by atoms with Gasteiger partial charge in [-0.15, -0.1) is 0 Å². The topological polar surface area (TPSA) is 62.4 Å². The molecule has 1 aliphatic carbocycles. The van der Waals surface area contributed by atoms with E-state index in [2.05, 4.69) is 4.99 Å². The second-order valence-corrected chi connectivity index (χ2v) is 6.21. The Kier molecular flexibility index (Phi) is 4.53. The number of nitrogens with zero attached hydrogens (tertiary/aromatic N) is 2.